The predicted octanol–water partition coefficient (Wildman–Crippen LogP) is 1.19. The standard InChI is InChI=1S/C10H11BrN2O5S/c11-7-2-1-6(19-7)3-12-10(18)13(4-8(14)15)5-9(16)17/h1-2H,3-5H2,(H,12,18)(H,14,15)(H,16,17). The molecule has 0 radical (unpaired) electrons. The van der Waals surface area contributed by atoms with E-state index in [9.17, 15) is 14.4 Å². The third kappa shape index (κ3) is 5.71. The maximum atomic E-state index is 11.7. The van der Waals surface area contributed by atoms with Gasteiger partial charge in [0.15, 0.2) is 0 Å². The molecule has 0 aromatic carbocycles. The molecule has 0 saturated heterocycles. The molecular weight excluding hydrogens is 340 g/mol. The summed E-state index contributed by atoms with van der Waals surface area (Å²) in [6.45, 7) is -1.11. The topological polar surface area (TPSA) is 107 Å². The van der Waals surface area contributed by atoms with Gasteiger partial charge in [-0.1, -0.05) is 0 Å². The highest BCUT2D eigenvalue weighted by atomic mass is 79.9. The van der Waals surface area contributed by atoms with Crippen molar-refractivity contribution >= 4 is 45.2 Å². The number of hydrogen-bond donors (Lipinski definition) is 3. The molecule has 7 nitrogen and oxygen atoms in total. The fourth-order valence-electron chi connectivity index (χ4n) is 1.25. The van der Waals surface area contributed by atoms with Crippen LogP contribution in [0.15, 0.2) is 15.9 Å². The molecule has 0 aliphatic heterocycles. The highest BCUT2D eigenvalue weighted by molar-refractivity contribution is 9.11. The zero-order valence-electron chi connectivity index (χ0n) is 9.63. The summed E-state index contributed by atoms with van der Waals surface area (Å²) in [6.07, 6.45) is 0. The van der Waals surface area contributed by atoms with Gasteiger partial charge in [-0.3, -0.25) is 9.59 Å². The Bertz CT molecular complexity index is 474. The lowest BCUT2D eigenvalue weighted by atomic mass is 10.4. The Morgan fingerprint density at radius 2 is 1.79 bits per heavy atom. The number of nitrogens with zero attached hydrogens (tertiary/aromatic N) is 1. The number of nitrogens with one attached hydrogen (secondary N) is 1. The van der Waals surface area contributed by atoms with E-state index in [-0.39, 0.29) is 6.54 Å². The van der Waals surface area contributed by atoms with Gasteiger partial charge in [-0.25, -0.2) is 4.79 Å². The van der Waals surface area contributed by atoms with Crippen molar-refractivity contribution in [2.45, 2.75) is 6.54 Å². The van der Waals surface area contributed by atoms with Gasteiger partial charge in [0.1, 0.15) is 13.1 Å². The highest BCUT2D eigenvalue weighted by Crippen LogP contribution is 2.21. The lowest BCUT2D eigenvalue weighted by Crippen LogP contribution is -2.44. The van der Waals surface area contributed by atoms with E-state index < -0.39 is 31.1 Å². The van der Waals surface area contributed by atoms with Gasteiger partial charge >= 0.3 is 18.0 Å². The average molecular weight is 351 g/mol. The van der Waals surface area contributed by atoms with Crippen molar-refractivity contribution in [3.05, 3.63) is 20.8 Å². The molecule has 0 aliphatic carbocycles. The lowest BCUT2D eigenvalue weighted by Gasteiger charge is -2.18. The molecular formula is C10H11BrN2O5S. The van der Waals surface area contributed by atoms with Crippen molar-refractivity contribution in [1.29, 1.82) is 0 Å². The number of carbonyl (C=O) groups is 3. The summed E-state index contributed by atoms with van der Waals surface area (Å²) in [6, 6.07) is 2.89. The van der Waals surface area contributed by atoms with Crippen LogP contribution in [0.2, 0.25) is 0 Å². The zero-order chi connectivity index (χ0) is 14.4. The molecule has 0 saturated carbocycles. The first kappa shape index (κ1) is 15.4. The first-order valence-electron chi connectivity index (χ1n) is 5.09. The summed E-state index contributed by atoms with van der Waals surface area (Å²) < 4.78 is 0.907. The molecule has 2 amide bonds. The van der Waals surface area contributed by atoms with Crippen LogP contribution in [0.4, 0.5) is 4.79 Å². The van der Waals surface area contributed by atoms with Crippen LogP contribution in [0.5, 0.6) is 0 Å². The van der Waals surface area contributed by atoms with Crippen LogP contribution in [0.25, 0.3) is 0 Å². The van der Waals surface area contributed by atoms with Crippen LogP contribution in [0.1, 0.15) is 4.88 Å². The fraction of sp³-hybridized carbons (Fsp3) is 0.300. The van der Waals surface area contributed by atoms with Gasteiger partial charge in [0.05, 0.1) is 10.3 Å². The Balaban J connectivity index is 2.55. The number of amides is 2. The number of rotatable bonds is 6. The van der Waals surface area contributed by atoms with Gasteiger partial charge in [0.2, 0.25) is 0 Å². The van der Waals surface area contributed by atoms with Crippen molar-refractivity contribution in [1.82, 2.24) is 10.2 Å². The third-order valence-electron chi connectivity index (χ3n) is 1.98. The summed E-state index contributed by atoms with van der Waals surface area (Å²) in [5.74, 6) is -2.54. The molecule has 0 atom stereocenters. The summed E-state index contributed by atoms with van der Waals surface area (Å²) in [5, 5.41) is 19.7. The molecule has 1 rings (SSSR count). The number of aliphatic carboxylic acids is 2. The molecule has 0 aliphatic rings. The molecule has 1 aromatic heterocycles. The van der Waals surface area contributed by atoms with E-state index in [2.05, 4.69) is 21.2 Å². The number of halogens is 1. The van der Waals surface area contributed by atoms with Gasteiger partial charge in [0.25, 0.3) is 0 Å². The van der Waals surface area contributed by atoms with E-state index in [1.807, 2.05) is 6.07 Å². The Morgan fingerprint density at radius 3 is 2.21 bits per heavy atom. The monoisotopic (exact) mass is 350 g/mol. The second-order valence-corrected chi connectivity index (χ2v) is 6.06. The lowest BCUT2D eigenvalue weighted by molar-refractivity contribution is -0.140. The SMILES string of the molecule is O=C(O)CN(CC(=O)O)C(=O)NCc1ccc(Br)s1. The number of carbonyl (C=O) groups excluding carboxylic acids is 1. The maximum Gasteiger partial charge on any atom is 0.323 e. The summed E-state index contributed by atoms with van der Waals surface area (Å²) in [7, 11) is 0. The predicted molar refractivity (Wildman–Crippen MR) is 71.1 cm³/mol. The van der Waals surface area contributed by atoms with Gasteiger partial charge in [-0.05, 0) is 28.1 Å². The minimum atomic E-state index is -1.27. The summed E-state index contributed by atoms with van der Waals surface area (Å²) >= 11 is 4.69. The number of carboxylic acid groups (broad SMARTS) is 2. The van der Waals surface area contributed by atoms with Crippen molar-refractivity contribution in [3.63, 3.8) is 0 Å². The molecule has 0 fully saturated rings. The molecule has 0 unspecified atom stereocenters. The van der Waals surface area contributed by atoms with Crippen LogP contribution in [0, 0.1) is 0 Å². The van der Waals surface area contributed by atoms with Crippen LogP contribution in [-0.2, 0) is 16.1 Å². The number of carboxylic acids is 2. The quantitative estimate of drug-likeness (QED) is 0.714. The van der Waals surface area contributed by atoms with Crippen LogP contribution in [-0.4, -0.2) is 46.2 Å². The zero-order valence-corrected chi connectivity index (χ0v) is 12.0. The molecule has 9 heteroatoms. The van der Waals surface area contributed by atoms with Crippen molar-refractivity contribution in [2.75, 3.05) is 13.1 Å². The Hall–Kier alpha value is -1.61. The first-order valence-corrected chi connectivity index (χ1v) is 6.70. The second kappa shape index (κ2) is 7.10. The Labute approximate surface area is 121 Å². The third-order valence-corrected chi connectivity index (χ3v) is 3.61. The van der Waals surface area contributed by atoms with Gasteiger partial charge < -0.3 is 20.4 Å². The largest absolute Gasteiger partial charge is 0.480 e. The molecule has 0 spiro atoms. The fourth-order valence-corrected chi connectivity index (χ4v) is 2.67. The molecule has 0 bridgehead atoms. The van der Waals surface area contributed by atoms with E-state index in [1.165, 1.54) is 11.3 Å². The van der Waals surface area contributed by atoms with E-state index in [0.717, 1.165) is 8.66 Å². The smallest absolute Gasteiger partial charge is 0.323 e. The van der Waals surface area contributed by atoms with E-state index in [4.69, 9.17) is 10.2 Å². The maximum absolute atomic E-state index is 11.7. The van der Waals surface area contributed by atoms with E-state index >= 15 is 0 Å². The van der Waals surface area contributed by atoms with Gasteiger partial charge in [0, 0.05) is 4.88 Å². The number of hydrogen-bond acceptors (Lipinski definition) is 4. The van der Waals surface area contributed by atoms with Gasteiger partial charge in [-0.15, -0.1) is 11.3 Å². The Kier molecular flexibility index (Phi) is 5.77. The first-order chi connectivity index (χ1) is 8.88. The Morgan fingerprint density at radius 1 is 1.21 bits per heavy atom. The van der Waals surface area contributed by atoms with Crippen molar-refractivity contribution in [3.8, 4) is 0 Å². The second-order valence-electron chi connectivity index (χ2n) is 3.51. The molecule has 1 aromatic rings. The number of urea groups is 1. The minimum Gasteiger partial charge on any atom is -0.480 e. The van der Waals surface area contributed by atoms with E-state index in [1.54, 1.807) is 6.07 Å². The summed E-state index contributed by atoms with van der Waals surface area (Å²) in [5.41, 5.74) is 0. The molecule has 3 N–H and O–H groups in total. The molecule has 104 valence electrons. The van der Waals surface area contributed by atoms with E-state index in [0.29, 0.717) is 4.90 Å². The van der Waals surface area contributed by atoms with Gasteiger partial charge in [-0.2, -0.15) is 0 Å². The normalized spacial score (nSPS) is 9.95. The minimum absolute atomic E-state index is 0.213. The van der Waals surface area contributed by atoms with Crippen LogP contribution >= 0.6 is 27.3 Å². The number of thiophene rings is 1. The van der Waals surface area contributed by atoms with Crippen LogP contribution in [0.3, 0.4) is 0 Å². The van der Waals surface area contributed by atoms with Crippen molar-refractivity contribution < 1.29 is 24.6 Å². The van der Waals surface area contributed by atoms with Crippen LogP contribution < -0.4 is 5.32 Å². The molecule has 19 heavy (non-hydrogen) atoms. The summed E-state index contributed by atoms with van der Waals surface area (Å²) in [4.78, 5) is 34.4. The average Bonchev–Trinajstić information content (AvgIpc) is 2.70. The molecule has 1 heterocycles. The highest BCUT2D eigenvalue weighted by Gasteiger charge is 2.19. The van der Waals surface area contributed by atoms with Crippen molar-refractivity contribution in [2.24, 2.45) is 0 Å².